The lowest BCUT2D eigenvalue weighted by atomic mass is 9.92. The highest BCUT2D eigenvalue weighted by Gasteiger charge is 2.46. The molecule has 4 nitrogen and oxygen atoms in total. The van der Waals surface area contributed by atoms with E-state index in [-0.39, 0.29) is 17.9 Å². The zero-order valence-corrected chi connectivity index (χ0v) is 13.0. The molecule has 0 aromatic heterocycles. The molecule has 1 aromatic rings. The second-order valence-electron chi connectivity index (χ2n) is 5.96. The molecule has 1 aromatic carbocycles. The summed E-state index contributed by atoms with van der Waals surface area (Å²) in [5.74, 6) is 0.120. The maximum atomic E-state index is 11.0. The SMILES string of the molecule is CN1CC(Oc2ccc(C3(CC(=O)O)CC3)cc2Br)C1. The van der Waals surface area contributed by atoms with Crippen molar-refractivity contribution in [1.29, 1.82) is 0 Å². The van der Waals surface area contributed by atoms with E-state index in [2.05, 4.69) is 27.9 Å². The van der Waals surface area contributed by atoms with Crippen LogP contribution in [-0.2, 0) is 10.2 Å². The van der Waals surface area contributed by atoms with Crippen LogP contribution in [0.5, 0.6) is 5.75 Å². The third kappa shape index (κ3) is 2.69. The Hall–Kier alpha value is -1.07. The highest BCUT2D eigenvalue weighted by Crippen LogP contribution is 2.52. The molecule has 0 amide bonds. The molecule has 0 atom stereocenters. The highest BCUT2D eigenvalue weighted by atomic mass is 79.9. The predicted octanol–water partition coefficient (Wildman–Crippen LogP) is 2.65. The number of benzene rings is 1. The maximum Gasteiger partial charge on any atom is 0.304 e. The first kappa shape index (κ1) is 13.9. The second kappa shape index (κ2) is 5.04. The van der Waals surface area contributed by atoms with Crippen LogP contribution in [0.2, 0.25) is 0 Å². The average Bonchev–Trinajstić information content (AvgIpc) is 3.09. The van der Waals surface area contributed by atoms with Crippen molar-refractivity contribution in [1.82, 2.24) is 4.90 Å². The summed E-state index contributed by atoms with van der Waals surface area (Å²) in [7, 11) is 2.07. The Morgan fingerprint density at radius 3 is 2.70 bits per heavy atom. The Morgan fingerprint density at radius 2 is 2.20 bits per heavy atom. The molecule has 1 aliphatic carbocycles. The minimum Gasteiger partial charge on any atom is -0.487 e. The van der Waals surface area contributed by atoms with E-state index in [1.807, 2.05) is 18.2 Å². The van der Waals surface area contributed by atoms with Gasteiger partial charge in [0.2, 0.25) is 0 Å². The van der Waals surface area contributed by atoms with Gasteiger partial charge in [0.1, 0.15) is 11.9 Å². The van der Waals surface area contributed by atoms with Gasteiger partial charge in [-0.2, -0.15) is 0 Å². The molecule has 1 saturated carbocycles. The van der Waals surface area contributed by atoms with Gasteiger partial charge >= 0.3 is 5.97 Å². The topological polar surface area (TPSA) is 49.8 Å². The number of hydrogen-bond donors (Lipinski definition) is 1. The smallest absolute Gasteiger partial charge is 0.304 e. The number of halogens is 1. The van der Waals surface area contributed by atoms with Gasteiger partial charge < -0.3 is 9.84 Å². The van der Waals surface area contributed by atoms with Crippen LogP contribution in [0.4, 0.5) is 0 Å². The van der Waals surface area contributed by atoms with Gasteiger partial charge in [0.05, 0.1) is 10.9 Å². The molecule has 1 saturated heterocycles. The van der Waals surface area contributed by atoms with Crippen LogP contribution in [0.3, 0.4) is 0 Å². The summed E-state index contributed by atoms with van der Waals surface area (Å²) in [6.07, 6.45) is 2.39. The summed E-state index contributed by atoms with van der Waals surface area (Å²) >= 11 is 3.54. The van der Waals surface area contributed by atoms with Crippen molar-refractivity contribution in [3.05, 3.63) is 28.2 Å². The number of carboxylic acid groups (broad SMARTS) is 1. The fraction of sp³-hybridized carbons (Fsp3) is 0.533. The molecule has 1 aliphatic heterocycles. The molecule has 108 valence electrons. The predicted molar refractivity (Wildman–Crippen MR) is 79.2 cm³/mol. The number of carbonyl (C=O) groups is 1. The molecule has 1 N–H and O–H groups in total. The first-order valence-electron chi connectivity index (χ1n) is 6.85. The molecular weight excluding hydrogens is 322 g/mol. The summed E-state index contributed by atoms with van der Waals surface area (Å²) < 4.78 is 6.83. The second-order valence-corrected chi connectivity index (χ2v) is 6.81. The quantitative estimate of drug-likeness (QED) is 0.895. The summed E-state index contributed by atoms with van der Waals surface area (Å²) in [6.45, 7) is 1.91. The Labute approximate surface area is 126 Å². The largest absolute Gasteiger partial charge is 0.487 e. The van der Waals surface area contributed by atoms with Crippen LogP contribution in [0.25, 0.3) is 0 Å². The van der Waals surface area contributed by atoms with E-state index in [4.69, 9.17) is 9.84 Å². The number of rotatable bonds is 5. The fourth-order valence-corrected chi connectivity index (χ4v) is 3.30. The van der Waals surface area contributed by atoms with E-state index in [0.717, 1.165) is 41.7 Å². The Kier molecular flexibility index (Phi) is 3.50. The van der Waals surface area contributed by atoms with E-state index < -0.39 is 5.97 Å². The first-order chi connectivity index (χ1) is 9.48. The third-order valence-electron chi connectivity index (χ3n) is 4.21. The molecule has 20 heavy (non-hydrogen) atoms. The van der Waals surface area contributed by atoms with Crippen molar-refractivity contribution in [3.8, 4) is 5.75 Å². The van der Waals surface area contributed by atoms with Gasteiger partial charge in [-0.25, -0.2) is 0 Å². The van der Waals surface area contributed by atoms with E-state index in [1.165, 1.54) is 0 Å². The van der Waals surface area contributed by atoms with Crippen LogP contribution in [0.15, 0.2) is 22.7 Å². The number of nitrogens with zero attached hydrogens (tertiary/aromatic N) is 1. The van der Waals surface area contributed by atoms with E-state index in [0.29, 0.717) is 0 Å². The zero-order chi connectivity index (χ0) is 14.3. The van der Waals surface area contributed by atoms with E-state index in [9.17, 15) is 4.79 Å². The average molecular weight is 340 g/mol. The lowest BCUT2D eigenvalue weighted by Gasteiger charge is -2.36. The number of hydrogen-bond acceptors (Lipinski definition) is 3. The van der Waals surface area contributed by atoms with Crippen LogP contribution in [0, 0.1) is 0 Å². The Morgan fingerprint density at radius 1 is 1.50 bits per heavy atom. The molecule has 1 heterocycles. The first-order valence-corrected chi connectivity index (χ1v) is 7.65. The molecule has 0 bridgehead atoms. The molecule has 0 spiro atoms. The van der Waals surface area contributed by atoms with Gasteiger partial charge in [0.25, 0.3) is 0 Å². The van der Waals surface area contributed by atoms with Crippen LogP contribution in [-0.4, -0.2) is 42.2 Å². The third-order valence-corrected chi connectivity index (χ3v) is 4.83. The van der Waals surface area contributed by atoms with Crippen molar-refractivity contribution in [2.75, 3.05) is 20.1 Å². The van der Waals surface area contributed by atoms with Gasteiger partial charge in [-0.3, -0.25) is 9.69 Å². The molecule has 0 unspecified atom stereocenters. The van der Waals surface area contributed by atoms with Gasteiger partial charge in [0, 0.05) is 18.5 Å². The Balaban J connectivity index is 1.72. The highest BCUT2D eigenvalue weighted by molar-refractivity contribution is 9.10. The monoisotopic (exact) mass is 339 g/mol. The van der Waals surface area contributed by atoms with Crippen molar-refractivity contribution in [3.63, 3.8) is 0 Å². The standard InChI is InChI=1S/C15H18BrNO3/c1-17-8-11(9-17)20-13-3-2-10(6-12(13)16)15(4-5-15)7-14(18)19/h2-3,6,11H,4-5,7-9H2,1H3,(H,18,19). The van der Waals surface area contributed by atoms with Crippen LogP contribution < -0.4 is 4.74 Å². The Bertz CT molecular complexity index is 536. The summed E-state index contributed by atoms with van der Waals surface area (Å²) in [6, 6.07) is 5.99. The summed E-state index contributed by atoms with van der Waals surface area (Å²) in [4.78, 5) is 13.2. The molecule has 2 fully saturated rings. The number of ether oxygens (including phenoxy) is 1. The minimum atomic E-state index is -0.726. The van der Waals surface area contributed by atoms with E-state index >= 15 is 0 Å². The molecular formula is C15H18BrNO3. The summed E-state index contributed by atoms with van der Waals surface area (Å²) in [5.41, 5.74) is 0.952. The summed E-state index contributed by atoms with van der Waals surface area (Å²) in [5, 5.41) is 9.02. The van der Waals surface area contributed by atoms with Crippen molar-refractivity contribution in [2.45, 2.75) is 30.8 Å². The number of likely N-dealkylation sites (N-methyl/N-ethyl adjacent to an activating group) is 1. The zero-order valence-electron chi connectivity index (χ0n) is 11.4. The van der Waals surface area contributed by atoms with Crippen LogP contribution >= 0.6 is 15.9 Å². The normalized spacial score (nSPS) is 21.3. The lowest BCUT2D eigenvalue weighted by Crippen LogP contribution is -2.51. The lowest BCUT2D eigenvalue weighted by molar-refractivity contribution is -0.137. The molecule has 2 aliphatic rings. The van der Waals surface area contributed by atoms with Crippen molar-refractivity contribution < 1.29 is 14.6 Å². The number of aliphatic carboxylic acids is 1. The van der Waals surface area contributed by atoms with Crippen molar-refractivity contribution in [2.24, 2.45) is 0 Å². The van der Waals surface area contributed by atoms with Gasteiger partial charge in [-0.1, -0.05) is 6.07 Å². The molecule has 0 radical (unpaired) electrons. The van der Waals surface area contributed by atoms with Gasteiger partial charge in [-0.05, 0) is 53.5 Å². The van der Waals surface area contributed by atoms with E-state index in [1.54, 1.807) is 0 Å². The number of likely N-dealkylation sites (tertiary alicyclic amines) is 1. The molecule has 5 heteroatoms. The van der Waals surface area contributed by atoms with Crippen LogP contribution in [0.1, 0.15) is 24.8 Å². The maximum absolute atomic E-state index is 11.0. The minimum absolute atomic E-state index is 0.149. The van der Waals surface area contributed by atoms with Crippen molar-refractivity contribution >= 4 is 21.9 Å². The number of carboxylic acids is 1. The van der Waals surface area contributed by atoms with Gasteiger partial charge in [-0.15, -0.1) is 0 Å². The van der Waals surface area contributed by atoms with Gasteiger partial charge in [0.15, 0.2) is 0 Å². The fourth-order valence-electron chi connectivity index (χ4n) is 2.83. The molecule has 3 rings (SSSR count).